The Morgan fingerprint density at radius 2 is 1.93 bits per heavy atom. The van der Waals surface area contributed by atoms with Crippen LogP contribution in [0.3, 0.4) is 0 Å². The lowest BCUT2D eigenvalue weighted by Gasteiger charge is -2.18. The number of nitro groups is 1. The average Bonchev–Trinajstić information content (AvgIpc) is 2.64. The van der Waals surface area contributed by atoms with Crippen LogP contribution in [0.4, 0.5) is 11.4 Å². The van der Waals surface area contributed by atoms with Gasteiger partial charge in [0.05, 0.1) is 24.6 Å². The van der Waals surface area contributed by atoms with E-state index in [0.29, 0.717) is 5.69 Å². The van der Waals surface area contributed by atoms with Crippen molar-refractivity contribution >= 4 is 27.3 Å². The molecule has 1 amide bonds. The Morgan fingerprint density at radius 3 is 2.54 bits per heavy atom. The zero-order valence-electron chi connectivity index (χ0n) is 15.9. The van der Waals surface area contributed by atoms with Crippen molar-refractivity contribution in [3.63, 3.8) is 0 Å². The Kier molecular flexibility index (Phi) is 6.37. The van der Waals surface area contributed by atoms with Crippen LogP contribution in [0.15, 0.2) is 41.3 Å². The molecule has 2 rings (SSSR count). The van der Waals surface area contributed by atoms with Crippen LogP contribution >= 0.6 is 0 Å². The Morgan fingerprint density at radius 1 is 1.25 bits per heavy atom. The summed E-state index contributed by atoms with van der Waals surface area (Å²) in [6, 6.07) is 8.80. The fourth-order valence-electron chi connectivity index (χ4n) is 2.52. The number of carbonyl (C=O) groups is 1. The molecule has 0 aliphatic carbocycles. The second-order valence-electron chi connectivity index (χ2n) is 6.15. The highest BCUT2D eigenvalue weighted by Crippen LogP contribution is 2.30. The number of ether oxygens (including phenoxy) is 1. The van der Waals surface area contributed by atoms with Crippen LogP contribution in [-0.4, -0.2) is 44.3 Å². The van der Waals surface area contributed by atoms with Crippen molar-refractivity contribution in [3.8, 4) is 5.75 Å². The number of carbonyl (C=O) groups excluding carboxylic acids is 1. The lowest BCUT2D eigenvalue weighted by Crippen LogP contribution is -2.35. The van der Waals surface area contributed by atoms with Crippen molar-refractivity contribution in [1.82, 2.24) is 4.31 Å². The minimum atomic E-state index is -4.27. The van der Waals surface area contributed by atoms with Crippen LogP contribution in [0, 0.1) is 24.0 Å². The topological polar surface area (TPSA) is 119 Å². The lowest BCUT2D eigenvalue weighted by molar-refractivity contribution is -0.387. The molecule has 0 saturated carbocycles. The summed E-state index contributed by atoms with van der Waals surface area (Å²) in [5, 5.41) is 13.9. The van der Waals surface area contributed by atoms with Crippen LogP contribution in [-0.2, 0) is 14.8 Å². The number of nitrogens with one attached hydrogen (secondary N) is 1. The van der Waals surface area contributed by atoms with Gasteiger partial charge in [0.2, 0.25) is 15.9 Å². The van der Waals surface area contributed by atoms with Gasteiger partial charge in [0, 0.05) is 12.7 Å². The van der Waals surface area contributed by atoms with Gasteiger partial charge >= 0.3 is 0 Å². The summed E-state index contributed by atoms with van der Waals surface area (Å²) in [6.07, 6.45) is 0. The molecule has 0 atom stereocenters. The van der Waals surface area contributed by atoms with Gasteiger partial charge in [-0.2, -0.15) is 4.31 Å². The molecule has 2 aromatic carbocycles. The maximum absolute atomic E-state index is 12.8. The third-order valence-corrected chi connectivity index (χ3v) is 6.15. The van der Waals surface area contributed by atoms with Crippen molar-refractivity contribution in [1.29, 1.82) is 0 Å². The molecule has 0 fully saturated rings. The molecule has 0 heterocycles. The quantitative estimate of drug-likeness (QED) is 0.556. The van der Waals surface area contributed by atoms with Crippen molar-refractivity contribution in [3.05, 3.63) is 57.6 Å². The van der Waals surface area contributed by atoms with E-state index in [4.69, 9.17) is 4.74 Å². The van der Waals surface area contributed by atoms with Crippen LogP contribution in [0.2, 0.25) is 0 Å². The fraction of sp³-hybridized carbons (Fsp3) is 0.278. The average molecular weight is 407 g/mol. The molecule has 28 heavy (non-hydrogen) atoms. The third kappa shape index (κ3) is 4.46. The molecule has 150 valence electrons. The van der Waals surface area contributed by atoms with Crippen LogP contribution in [0.1, 0.15) is 11.1 Å². The van der Waals surface area contributed by atoms with E-state index in [1.54, 1.807) is 12.1 Å². The van der Waals surface area contributed by atoms with E-state index < -0.39 is 38.0 Å². The first-order valence-electron chi connectivity index (χ1n) is 8.22. The molecule has 2 aromatic rings. The van der Waals surface area contributed by atoms with Gasteiger partial charge < -0.3 is 10.1 Å². The molecule has 0 aliphatic heterocycles. The zero-order chi connectivity index (χ0) is 21.1. The van der Waals surface area contributed by atoms with Gasteiger partial charge in [-0.1, -0.05) is 12.1 Å². The van der Waals surface area contributed by atoms with Crippen molar-refractivity contribution in [2.24, 2.45) is 0 Å². The highest BCUT2D eigenvalue weighted by atomic mass is 32.2. The third-order valence-electron chi connectivity index (χ3n) is 4.30. The largest absolute Gasteiger partial charge is 0.497 e. The molecular weight excluding hydrogens is 386 g/mol. The normalized spacial score (nSPS) is 11.3. The second-order valence-corrected chi connectivity index (χ2v) is 8.16. The number of amides is 1. The van der Waals surface area contributed by atoms with E-state index in [-0.39, 0.29) is 5.75 Å². The smallest absolute Gasteiger partial charge is 0.293 e. The lowest BCUT2D eigenvalue weighted by atomic mass is 10.1. The number of sulfonamides is 1. The molecule has 0 unspecified atom stereocenters. The van der Waals surface area contributed by atoms with E-state index in [1.165, 1.54) is 20.2 Å². The van der Waals surface area contributed by atoms with Crippen LogP contribution in [0.25, 0.3) is 0 Å². The number of nitrogens with zero attached hydrogens (tertiary/aromatic N) is 2. The van der Waals surface area contributed by atoms with Gasteiger partial charge in [-0.3, -0.25) is 14.9 Å². The summed E-state index contributed by atoms with van der Waals surface area (Å²) in [7, 11) is -1.77. The maximum Gasteiger partial charge on any atom is 0.293 e. The first kappa shape index (κ1) is 21.3. The van der Waals surface area contributed by atoms with Gasteiger partial charge in [-0.25, -0.2) is 8.42 Å². The number of likely N-dealkylation sites (N-methyl/N-ethyl adjacent to an activating group) is 1. The van der Waals surface area contributed by atoms with Gasteiger partial charge in [-0.15, -0.1) is 0 Å². The van der Waals surface area contributed by atoms with Crippen molar-refractivity contribution in [2.75, 3.05) is 26.0 Å². The number of anilines is 1. The van der Waals surface area contributed by atoms with E-state index in [9.17, 15) is 23.3 Å². The highest BCUT2D eigenvalue weighted by molar-refractivity contribution is 7.89. The highest BCUT2D eigenvalue weighted by Gasteiger charge is 2.31. The Balaban J connectivity index is 2.25. The number of nitro benzene ring substituents is 1. The fourth-order valence-corrected chi connectivity index (χ4v) is 3.78. The maximum atomic E-state index is 12.8. The van der Waals surface area contributed by atoms with E-state index in [0.717, 1.165) is 27.6 Å². The molecule has 0 aliphatic rings. The zero-order valence-corrected chi connectivity index (χ0v) is 16.7. The minimum Gasteiger partial charge on any atom is -0.497 e. The van der Waals surface area contributed by atoms with E-state index in [1.807, 2.05) is 19.9 Å². The number of methoxy groups -OCH3 is 1. The first-order chi connectivity index (χ1) is 13.1. The SMILES string of the molecule is COc1ccc(S(=O)(=O)N(C)CC(=O)Nc2cccc(C)c2C)c([N+](=O)[O-])c1. The number of hydrogen-bond acceptors (Lipinski definition) is 6. The summed E-state index contributed by atoms with van der Waals surface area (Å²) >= 11 is 0. The molecular formula is C18H21N3O6S. The van der Waals surface area contributed by atoms with Gasteiger partial charge in [0.25, 0.3) is 5.69 Å². The predicted molar refractivity (Wildman–Crippen MR) is 104 cm³/mol. The Bertz CT molecular complexity index is 1020. The molecule has 1 N–H and O–H groups in total. The number of benzene rings is 2. The number of hydrogen-bond donors (Lipinski definition) is 1. The summed E-state index contributed by atoms with van der Waals surface area (Å²) in [5.74, 6) is -0.406. The predicted octanol–water partition coefficient (Wildman–Crippen LogP) is 2.48. The first-order valence-corrected chi connectivity index (χ1v) is 9.66. The van der Waals surface area contributed by atoms with Gasteiger partial charge in [0.15, 0.2) is 4.90 Å². The molecule has 0 saturated heterocycles. The van der Waals surface area contributed by atoms with E-state index >= 15 is 0 Å². The minimum absolute atomic E-state index is 0.154. The van der Waals surface area contributed by atoms with Crippen molar-refractivity contribution < 1.29 is 22.9 Å². The Labute approximate surface area is 163 Å². The second kappa shape index (κ2) is 8.36. The molecule has 0 radical (unpaired) electrons. The summed E-state index contributed by atoms with van der Waals surface area (Å²) in [5.41, 5.74) is 1.80. The number of rotatable bonds is 7. The molecule has 0 bridgehead atoms. The van der Waals surface area contributed by atoms with Crippen LogP contribution < -0.4 is 10.1 Å². The van der Waals surface area contributed by atoms with Crippen molar-refractivity contribution in [2.45, 2.75) is 18.7 Å². The summed E-state index contributed by atoms with van der Waals surface area (Å²) < 4.78 is 31.2. The molecule has 0 aromatic heterocycles. The summed E-state index contributed by atoms with van der Waals surface area (Å²) in [4.78, 5) is 22.3. The molecule has 9 nitrogen and oxygen atoms in total. The van der Waals surface area contributed by atoms with Gasteiger partial charge in [0.1, 0.15) is 5.75 Å². The summed E-state index contributed by atoms with van der Waals surface area (Å²) in [6.45, 7) is 3.23. The van der Waals surface area contributed by atoms with E-state index in [2.05, 4.69) is 5.32 Å². The monoisotopic (exact) mass is 407 g/mol. The standard InChI is InChI=1S/C18H21N3O6S/c1-12-6-5-7-15(13(12)2)19-18(22)11-20(3)28(25,26)17-9-8-14(27-4)10-16(17)21(23)24/h5-10H,11H2,1-4H3,(H,19,22). The molecule has 10 heteroatoms. The van der Waals surface area contributed by atoms with Crippen LogP contribution in [0.5, 0.6) is 5.75 Å². The molecule has 0 spiro atoms. The van der Waals surface area contributed by atoms with Gasteiger partial charge in [-0.05, 0) is 43.2 Å². The number of aryl methyl sites for hydroxylation is 1. The Hall–Kier alpha value is -2.98.